The Bertz CT molecular complexity index is 339. The molecule has 2 N–H and O–H groups in total. The van der Waals surface area contributed by atoms with Gasteiger partial charge in [0.1, 0.15) is 0 Å². The Balaban J connectivity index is 2.75. The number of rotatable bonds is 5. The van der Waals surface area contributed by atoms with E-state index in [1.807, 2.05) is 5.38 Å². The van der Waals surface area contributed by atoms with E-state index in [0.717, 1.165) is 17.4 Å². The first-order valence-electron chi connectivity index (χ1n) is 4.97. The average molecular weight is 224 g/mol. The highest BCUT2D eigenvalue weighted by Crippen LogP contribution is 2.22. The largest absolute Gasteiger partial charge is 0.345 e. The summed E-state index contributed by atoms with van der Waals surface area (Å²) in [4.78, 5) is 6.55. The van der Waals surface area contributed by atoms with Gasteiger partial charge in [0.15, 0.2) is 5.13 Å². The average Bonchev–Trinajstić information content (AvgIpc) is 2.66. The Morgan fingerprint density at radius 1 is 1.67 bits per heavy atom. The summed E-state index contributed by atoms with van der Waals surface area (Å²) in [6.45, 7) is 5.40. The van der Waals surface area contributed by atoms with Crippen LogP contribution in [0.3, 0.4) is 0 Å². The van der Waals surface area contributed by atoms with Crippen molar-refractivity contribution in [2.45, 2.75) is 32.9 Å². The number of hydrogen-bond donors (Lipinski definition) is 1. The maximum atomic E-state index is 8.58. The molecule has 1 heterocycles. The first kappa shape index (κ1) is 12.0. The molecular weight excluding hydrogens is 208 g/mol. The van der Waals surface area contributed by atoms with E-state index >= 15 is 0 Å². The fraction of sp³-hybridized carbons (Fsp3) is 0.600. The van der Waals surface area contributed by atoms with Crippen molar-refractivity contribution in [2.24, 2.45) is 5.73 Å². The predicted molar refractivity (Wildman–Crippen MR) is 62.7 cm³/mol. The molecule has 0 aliphatic carbocycles. The monoisotopic (exact) mass is 224 g/mol. The SMILES string of the molecule is CC(C)N(CCC#N)c1nc(CN)cs1. The van der Waals surface area contributed by atoms with E-state index in [9.17, 15) is 0 Å². The third-order valence-electron chi connectivity index (χ3n) is 2.08. The molecule has 0 bridgehead atoms. The zero-order valence-electron chi connectivity index (χ0n) is 9.10. The summed E-state index contributed by atoms with van der Waals surface area (Å²) >= 11 is 1.59. The summed E-state index contributed by atoms with van der Waals surface area (Å²) < 4.78 is 0. The van der Waals surface area contributed by atoms with Crippen LogP contribution in [-0.4, -0.2) is 17.6 Å². The minimum atomic E-state index is 0.357. The fourth-order valence-corrected chi connectivity index (χ4v) is 2.26. The van der Waals surface area contributed by atoms with Gasteiger partial charge >= 0.3 is 0 Å². The van der Waals surface area contributed by atoms with Gasteiger partial charge in [0.05, 0.1) is 18.2 Å². The third kappa shape index (κ3) is 3.18. The summed E-state index contributed by atoms with van der Waals surface area (Å²) in [5, 5.41) is 11.5. The van der Waals surface area contributed by atoms with Crippen LogP contribution in [-0.2, 0) is 6.54 Å². The molecular formula is C10H16N4S. The van der Waals surface area contributed by atoms with Crippen LogP contribution >= 0.6 is 11.3 Å². The van der Waals surface area contributed by atoms with Crippen LogP contribution in [0.5, 0.6) is 0 Å². The Morgan fingerprint density at radius 3 is 2.87 bits per heavy atom. The lowest BCUT2D eigenvalue weighted by Crippen LogP contribution is -2.31. The molecule has 0 aromatic carbocycles. The van der Waals surface area contributed by atoms with Gasteiger partial charge < -0.3 is 10.6 Å². The molecule has 0 radical (unpaired) electrons. The second-order valence-electron chi connectivity index (χ2n) is 3.52. The van der Waals surface area contributed by atoms with Gasteiger partial charge in [-0.3, -0.25) is 0 Å². The predicted octanol–water partition coefficient (Wildman–Crippen LogP) is 1.73. The van der Waals surface area contributed by atoms with Gasteiger partial charge in [0.2, 0.25) is 0 Å². The van der Waals surface area contributed by atoms with E-state index in [1.54, 1.807) is 11.3 Å². The van der Waals surface area contributed by atoms with Gasteiger partial charge in [-0.2, -0.15) is 5.26 Å². The van der Waals surface area contributed by atoms with Gasteiger partial charge in [-0.25, -0.2) is 4.98 Å². The normalized spacial score (nSPS) is 10.3. The Morgan fingerprint density at radius 2 is 2.40 bits per heavy atom. The lowest BCUT2D eigenvalue weighted by molar-refractivity contribution is 0.682. The van der Waals surface area contributed by atoms with Crippen LogP contribution in [0.15, 0.2) is 5.38 Å². The van der Waals surface area contributed by atoms with Crippen molar-refractivity contribution in [3.8, 4) is 6.07 Å². The Kier molecular flexibility index (Phi) is 4.53. The number of aromatic nitrogens is 1. The van der Waals surface area contributed by atoms with Crippen LogP contribution in [0.25, 0.3) is 0 Å². The van der Waals surface area contributed by atoms with Crippen molar-refractivity contribution in [1.82, 2.24) is 4.98 Å². The van der Waals surface area contributed by atoms with Gasteiger partial charge in [-0.05, 0) is 13.8 Å². The van der Waals surface area contributed by atoms with Crippen molar-refractivity contribution in [1.29, 1.82) is 5.26 Å². The van der Waals surface area contributed by atoms with Crippen LogP contribution < -0.4 is 10.6 Å². The smallest absolute Gasteiger partial charge is 0.185 e. The topological polar surface area (TPSA) is 65.9 Å². The summed E-state index contributed by atoms with van der Waals surface area (Å²) in [6.07, 6.45) is 0.524. The van der Waals surface area contributed by atoms with Gasteiger partial charge in [0.25, 0.3) is 0 Å². The molecule has 0 unspecified atom stereocenters. The Hall–Kier alpha value is -1.12. The van der Waals surface area contributed by atoms with Crippen molar-refractivity contribution in [2.75, 3.05) is 11.4 Å². The number of nitriles is 1. The summed E-state index contributed by atoms with van der Waals surface area (Å²) in [7, 11) is 0. The van der Waals surface area contributed by atoms with Crippen molar-refractivity contribution in [3.05, 3.63) is 11.1 Å². The number of nitrogens with two attached hydrogens (primary N) is 1. The molecule has 82 valence electrons. The highest BCUT2D eigenvalue weighted by Gasteiger charge is 2.13. The quantitative estimate of drug-likeness (QED) is 0.827. The Labute approximate surface area is 94.3 Å². The maximum absolute atomic E-state index is 8.58. The van der Waals surface area contributed by atoms with Gasteiger partial charge in [0, 0.05) is 24.5 Å². The minimum Gasteiger partial charge on any atom is -0.345 e. The van der Waals surface area contributed by atoms with Crippen LogP contribution in [0, 0.1) is 11.3 Å². The number of thiazole rings is 1. The van der Waals surface area contributed by atoms with Gasteiger partial charge in [-0.1, -0.05) is 0 Å². The summed E-state index contributed by atoms with van der Waals surface area (Å²) in [5.74, 6) is 0. The first-order chi connectivity index (χ1) is 7.19. The van der Waals surface area contributed by atoms with Crippen molar-refractivity contribution >= 4 is 16.5 Å². The van der Waals surface area contributed by atoms with Crippen LogP contribution in [0.2, 0.25) is 0 Å². The molecule has 0 aliphatic heterocycles. The maximum Gasteiger partial charge on any atom is 0.185 e. The lowest BCUT2D eigenvalue weighted by atomic mass is 10.3. The molecule has 0 saturated heterocycles. The highest BCUT2D eigenvalue weighted by atomic mass is 32.1. The molecule has 0 spiro atoms. The fourth-order valence-electron chi connectivity index (χ4n) is 1.27. The second-order valence-corrected chi connectivity index (χ2v) is 4.36. The van der Waals surface area contributed by atoms with E-state index in [1.165, 1.54) is 0 Å². The summed E-state index contributed by atoms with van der Waals surface area (Å²) in [5.41, 5.74) is 6.43. The molecule has 15 heavy (non-hydrogen) atoms. The highest BCUT2D eigenvalue weighted by molar-refractivity contribution is 7.13. The van der Waals surface area contributed by atoms with Gasteiger partial charge in [-0.15, -0.1) is 11.3 Å². The molecule has 1 aromatic heterocycles. The number of anilines is 1. The number of hydrogen-bond acceptors (Lipinski definition) is 5. The molecule has 0 atom stereocenters. The molecule has 0 aliphatic rings. The first-order valence-corrected chi connectivity index (χ1v) is 5.85. The molecule has 0 amide bonds. The second kappa shape index (κ2) is 5.69. The minimum absolute atomic E-state index is 0.357. The van der Waals surface area contributed by atoms with Crippen molar-refractivity contribution in [3.63, 3.8) is 0 Å². The van der Waals surface area contributed by atoms with Crippen LogP contribution in [0.1, 0.15) is 26.0 Å². The van der Waals surface area contributed by atoms with E-state index < -0.39 is 0 Å². The van der Waals surface area contributed by atoms with Crippen molar-refractivity contribution < 1.29 is 0 Å². The number of nitrogens with zero attached hydrogens (tertiary/aromatic N) is 3. The zero-order valence-corrected chi connectivity index (χ0v) is 9.92. The van der Waals surface area contributed by atoms with E-state index in [4.69, 9.17) is 11.0 Å². The van der Waals surface area contributed by atoms with E-state index in [0.29, 0.717) is 19.0 Å². The molecule has 4 nitrogen and oxygen atoms in total. The standard InChI is InChI=1S/C10H16N4S/c1-8(2)14(5-3-4-11)10-13-9(6-12)7-15-10/h7-8H,3,5-6,12H2,1-2H3. The third-order valence-corrected chi connectivity index (χ3v) is 3.01. The zero-order chi connectivity index (χ0) is 11.3. The molecule has 0 saturated carbocycles. The van der Waals surface area contributed by atoms with E-state index in [-0.39, 0.29) is 0 Å². The lowest BCUT2D eigenvalue weighted by Gasteiger charge is -2.24. The molecule has 0 fully saturated rings. The molecule has 5 heteroatoms. The summed E-state index contributed by atoms with van der Waals surface area (Å²) in [6, 6.07) is 2.51. The molecule has 1 aromatic rings. The van der Waals surface area contributed by atoms with Crippen LogP contribution in [0.4, 0.5) is 5.13 Å². The van der Waals surface area contributed by atoms with E-state index in [2.05, 4.69) is 29.8 Å². The molecule has 1 rings (SSSR count).